The Balaban J connectivity index is 2.55. The Bertz CT molecular complexity index is 489. The van der Waals surface area contributed by atoms with E-state index < -0.39 is 0 Å². The summed E-state index contributed by atoms with van der Waals surface area (Å²) in [5.41, 5.74) is 4.39. The number of ether oxygens (including phenoxy) is 1. The van der Waals surface area contributed by atoms with Crippen LogP contribution >= 0.6 is 23.8 Å². The van der Waals surface area contributed by atoms with Crippen LogP contribution in [0.5, 0.6) is 0 Å². The molecule has 0 unspecified atom stereocenters. The molecule has 0 aliphatic rings. The van der Waals surface area contributed by atoms with E-state index >= 15 is 0 Å². The lowest BCUT2D eigenvalue weighted by molar-refractivity contribution is 0.204. The molecule has 0 radical (unpaired) electrons. The molecule has 2 N–H and O–H groups in total. The quantitative estimate of drug-likeness (QED) is 0.330. The summed E-state index contributed by atoms with van der Waals surface area (Å²) in [6.45, 7) is 6.07. The first-order valence-electron chi connectivity index (χ1n) is 6.88. The highest BCUT2D eigenvalue weighted by atomic mass is 35.5. The van der Waals surface area contributed by atoms with E-state index in [0.29, 0.717) is 23.4 Å². The fourth-order valence-electron chi connectivity index (χ4n) is 1.63. The van der Waals surface area contributed by atoms with Crippen molar-refractivity contribution >= 4 is 35.1 Å². The van der Waals surface area contributed by atoms with Gasteiger partial charge >= 0.3 is 0 Å². The van der Waals surface area contributed by atoms with E-state index in [2.05, 4.69) is 27.9 Å². The summed E-state index contributed by atoms with van der Waals surface area (Å²) in [5, 5.41) is 12.5. The van der Waals surface area contributed by atoms with Gasteiger partial charge in [0.15, 0.2) is 5.11 Å². The molecule has 0 aromatic carbocycles. The second kappa shape index (κ2) is 9.70. The molecule has 0 spiro atoms. The number of hydrazone groups is 1. The maximum absolute atomic E-state index is 6.30. The van der Waals surface area contributed by atoms with Gasteiger partial charge in [-0.05, 0) is 25.6 Å². The molecule has 1 aromatic heterocycles. The lowest BCUT2D eigenvalue weighted by Gasteiger charge is -2.05. The third kappa shape index (κ3) is 5.99. The molecule has 0 fully saturated rings. The number of hydrogen-bond donors (Lipinski definition) is 2. The van der Waals surface area contributed by atoms with Crippen LogP contribution in [0.1, 0.15) is 31.0 Å². The molecule has 0 aliphatic heterocycles. The van der Waals surface area contributed by atoms with E-state index in [0.717, 1.165) is 30.6 Å². The van der Waals surface area contributed by atoms with Crippen LogP contribution in [0.2, 0.25) is 5.15 Å². The van der Waals surface area contributed by atoms with Crippen LogP contribution in [0, 0.1) is 6.92 Å². The molecule has 6 nitrogen and oxygen atoms in total. The minimum Gasteiger partial charge on any atom is -0.383 e. The highest BCUT2D eigenvalue weighted by Crippen LogP contribution is 2.18. The molecule has 0 amide bonds. The van der Waals surface area contributed by atoms with E-state index in [1.54, 1.807) is 18.0 Å². The van der Waals surface area contributed by atoms with Crippen LogP contribution in [0.25, 0.3) is 0 Å². The Labute approximate surface area is 135 Å². The predicted octanol–water partition coefficient (Wildman–Crippen LogP) is 2.09. The maximum Gasteiger partial charge on any atom is 0.187 e. The van der Waals surface area contributed by atoms with Gasteiger partial charge in [-0.3, -0.25) is 10.1 Å². The smallest absolute Gasteiger partial charge is 0.187 e. The van der Waals surface area contributed by atoms with Crippen LogP contribution in [0.15, 0.2) is 5.10 Å². The largest absolute Gasteiger partial charge is 0.383 e. The lowest BCUT2D eigenvalue weighted by Crippen LogP contribution is -2.34. The minimum atomic E-state index is 0.440. The molecular formula is C13H22ClN5OS. The number of halogens is 1. The highest BCUT2D eigenvalue weighted by molar-refractivity contribution is 7.80. The SMILES string of the molecule is CCCCn1nc(C)c(/C=N\NC(=S)NCCOC)c1Cl. The van der Waals surface area contributed by atoms with Crippen LogP contribution in [-0.4, -0.2) is 41.4 Å². The van der Waals surface area contributed by atoms with E-state index in [9.17, 15) is 0 Å². The molecule has 1 heterocycles. The topological polar surface area (TPSA) is 63.5 Å². The third-order valence-corrected chi connectivity index (χ3v) is 3.42. The molecule has 0 aliphatic carbocycles. The van der Waals surface area contributed by atoms with Crippen LogP contribution < -0.4 is 10.7 Å². The molecule has 8 heteroatoms. The first kappa shape index (κ1) is 17.9. The molecule has 0 atom stereocenters. The molecule has 1 rings (SSSR count). The van der Waals surface area contributed by atoms with Crippen molar-refractivity contribution in [2.75, 3.05) is 20.3 Å². The fourth-order valence-corrected chi connectivity index (χ4v) is 2.09. The van der Waals surface area contributed by atoms with Gasteiger partial charge in [0, 0.05) is 20.2 Å². The molecule has 0 saturated carbocycles. The number of hydrogen-bond acceptors (Lipinski definition) is 4. The Morgan fingerprint density at radius 3 is 3.00 bits per heavy atom. The number of aromatic nitrogens is 2. The van der Waals surface area contributed by atoms with Gasteiger partial charge < -0.3 is 10.1 Å². The Morgan fingerprint density at radius 2 is 2.33 bits per heavy atom. The van der Waals surface area contributed by atoms with Crippen molar-refractivity contribution in [3.63, 3.8) is 0 Å². The zero-order chi connectivity index (χ0) is 15.7. The summed E-state index contributed by atoms with van der Waals surface area (Å²) in [4.78, 5) is 0. The van der Waals surface area contributed by atoms with E-state index in [1.807, 2.05) is 6.92 Å². The lowest BCUT2D eigenvalue weighted by atomic mass is 10.3. The number of rotatable bonds is 8. The number of nitrogens with one attached hydrogen (secondary N) is 2. The van der Waals surface area contributed by atoms with Crippen molar-refractivity contribution < 1.29 is 4.74 Å². The second-order valence-corrected chi connectivity index (χ2v) is 5.25. The van der Waals surface area contributed by atoms with Gasteiger partial charge in [-0.15, -0.1) is 0 Å². The number of methoxy groups -OCH3 is 1. The summed E-state index contributed by atoms with van der Waals surface area (Å²) in [6.07, 6.45) is 3.78. The Hall–Kier alpha value is -1.18. The number of aryl methyl sites for hydroxylation is 2. The minimum absolute atomic E-state index is 0.440. The average molecular weight is 332 g/mol. The average Bonchev–Trinajstić information content (AvgIpc) is 2.72. The van der Waals surface area contributed by atoms with Crippen LogP contribution in [0.3, 0.4) is 0 Å². The summed E-state index contributed by atoms with van der Waals surface area (Å²) in [5.74, 6) is 0. The van der Waals surface area contributed by atoms with Crippen LogP contribution in [0.4, 0.5) is 0 Å². The van der Waals surface area contributed by atoms with Gasteiger partial charge in [0.2, 0.25) is 0 Å². The van der Waals surface area contributed by atoms with Gasteiger partial charge in [-0.1, -0.05) is 24.9 Å². The molecule has 0 bridgehead atoms. The zero-order valence-corrected chi connectivity index (χ0v) is 14.2. The Morgan fingerprint density at radius 1 is 1.57 bits per heavy atom. The summed E-state index contributed by atoms with van der Waals surface area (Å²) in [7, 11) is 1.64. The second-order valence-electron chi connectivity index (χ2n) is 4.49. The first-order chi connectivity index (χ1) is 10.1. The summed E-state index contributed by atoms with van der Waals surface area (Å²) in [6, 6.07) is 0. The standard InChI is InChI=1S/C13H22ClN5OS/c1-4-5-7-19-12(14)11(10(2)18-19)9-16-17-13(21)15-6-8-20-3/h9H,4-8H2,1-3H3,(H2,15,17,21)/b16-9-. The predicted molar refractivity (Wildman–Crippen MR) is 90.1 cm³/mol. The normalized spacial score (nSPS) is 11.0. The zero-order valence-electron chi connectivity index (χ0n) is 12.6. The highest BCUT2D eigenvalue weighted by Gasteiger charge is 2.11. The van der Waals surface area contributed by atoms with Gasteiger partial charge in [0.1, 0.15) is 5.15 Å². The number of thiocarbonyl (C=S) groups is 1. The van der Waals surface area contributed by atoms with Crippen molar-refractivity contribution in [1.29, 1.82) is 0 Å². The van der Waals surface area contributed by atoms with Gasteiger partial charge in [0.05, 0.1) is 24.1 Å². The Kier molecular flexibility index (Phi) is 8.26. The van der Waals surface area contributed by atoms with Crippen LogP contribution in [-0.2, 0) is 11.3 Å². The molecule has 0 saturated heterocycles. The van der Waals surface area contributed by atoms with E-state index in [1.165, 1.54) is 0 Å². The molecule has 1 aromatic rings. The van der Waals surface area contributed by atoms with Crippen molar-refractivity contribution in [3.05, 3.63) is 16.4 Å². The van der Waals surface area contributed by atoms with Gasteiger partial charge in [-0.2, -0.15) is 10.2 Å². The number of nitrogens with zero attached hydrogens (tertiary/aromatic N) is 3. The van der Waals surface area contributed by atoms with Gasteiger partial charge in [0.25, 0.3) is 0 Å². The molecule has 118 valence electrons. The molecule has 21 heavy (non-hydrogen) atoms. The first-order valence-corrected chi connectivity index (χ1v) is 7.67. The van der Waals surface area contributed by atoms with Crippen molar-refractivity contribution in [3.8, 4) is 0 Å². The third-order valence-electron chi connectivity index (χ3n) is 2.78. The van der Waals surface area contributed by atoms with Gasteiger partial charge in [-0.25, -0.2) is 0 Å². The van der Waals surface area contributed by atoms with Crippen molar-refractivity contribution in [1.82, 2.24) is 20.5 Å². The van der Waals surface area contributed by atoms with E-state index in [4.69, 9.17) is 28.6 Å². The molecular weight excluding hydrogens is 310 g/mol. The van der Waals surface area contributed by atoms with E-state index in [-0.39, 0.29) is 0 Å². The fraction of sp³-hybridized carbons (Fsp3) is 0.615. The van der Waals surface area contributed by atoms with Crippen molar-refractivity contribution in [2.45, 2.75) is 33.2 Å². The summed E-state index contributed by atoms with van der Waals surface area (Å²) >= 11 is 11.4. The monoisotopic (exact) mass is 331 g/mol. The van der Waals surface area contributed by atoms with Crippen molar-refractivity contribution in [2.24, 2.45) is 5.10 Å². The maximum atomic E-state index is 6.30. The number of unbranched alkanes of at least 4 members (excludes halogenated alkanes) is 1. The summed E-state index contributed by atoms with van der Waals surface area (Å²) < 4.78 is 6.72.